The Kier molecular flexibility index (Phi) is 9.48. The first-order valence-electron chi connectivity index (χ1n) is 13.9. The molecule has 1 saturated carbocycles. The topological polar surface area (TPSA) is 65.1 Å². The van der Waals surface area contributed by atoms with Crippen LogP contribution < -0.4 is 10.2 Å². The number of hydrogen-bond acceptors (Lipinski definition) is 5. The minimum atomic E-state index is -0.203. The third kappa shape index (κ3) is 7.35. The van der Waals surface area contributed by atoms with E-state index in [0.29, 0.717) is 12.3 Å². The SMILES string of the molecule is O=C(CN1C(=O)/C(=C\c2cccc(Br)c2)OC2CCCCC21)NCCCN1CCN(c2cccc(Cl)c2)CC1. The van der Waals surface area contributed by atoms with Gasteiger partial charge in [0.05, 0.1) is 6.04 Å². The number of nitrogens with zero attached hydrogens (tertiary/aromatic N) is 3. The number of anilines is 1. The van der Waals surface area contributed by atoms with E-state index in [1.807, 2.05) is 42.5 Å². The predicted molar refractivity (Wildman–Crippen MR) is 159 cm³/mol. The maximum absolute atomic E-state index is 13.4. The second kappa shape index (κ2) is 13.2. The molecule has 2 unspecified atom stereocenters. The Bertz CT molecular complexity index is 1200. The third-order valence-corrected chi connectivity index (χ3v) is 8.53. The number of halogens is 2. The molecule has 9 heteroatoms. The van der Waals surface area contributed by atoms with Crippen LogP contribution in [0, 0.1) is 0 Å². The van der Waals surface area contributed by atoms with E-state index >= 15 is 0 Å². The molecule has 39 heavy (non-hydrogen) atoms. The van der Waals surface area contributed by atoms with Crippen molar-refractivity contribution in [3.05, 3.63) is 69.3 Å². The van der Waals surface area contributed by atoms with Gasteiger partial charge in [-0.3, -0.25) is 14.5 Å². The second-order valence-electron chi connectivity index (χ2n) is 10.5. The molecule has 2 saturated heterocycles. The van der Waals surface area contributed by atoms with Gasteiger partial charge in [-0.1, -0.05) is 52.2 Å². The largest absolute Gasteiger partial charge is 0.482 e. The van der Waals surface area contributed by atoms with Crippen LogP contribution >= 0.6 is 27.5 Å². The zero-order chi connectivity index (χ0) is 27.2. The van der Waals surface area contributed by atoms with E-state index in [9.17, 15) is 9.59 Å². The lowest BCUT2D eigenvalue weighted by Crippen LogP contribution is -2.57. The van der Waals surface area contributed by atoms with Crippen LogP contribution in [-0.4, -0.2) is 79.6 Å². The van der Waals surface area contributed by atoms with Crippen molar-refractivity contribution in [1.82, 2.24) is 15.1 Å². The molecule has 208 valence electrons. The van der Waals surface area contributed by atoms with Gasteiger partial charge >= 0.3 is 0 Å². The quantitative estimate of drug-likeness (QED) is 0.337. The van der Waals surface area contributed by atoms with Crippen LogP contribution in [0.5, 0.6) is 0 Å². The first-order valence-corrected chi connectivity index (χ1v) is 15.1. The van der Waals surface area contributed by atoms with Crippen molar-refractivity contribution in [2.24, 2.45) is 0 Å². The molecule has 3 fully saturated rings. The Labute approximate surface area is 244 Å². The van der Waals surface area contributed by atoms with E-state index in [0.717, 1.165) is 79.9 Å². The molecule has 7 nitrogen and oxygen atoms in total. The van der Waals surface area contributed by atoms with E-state index in [-0.39, 0.29) is 30.5 Å². The van der Waals surface area contributed by atoms with E-state index in [1.54, 1.807) is 11.0 Å². The second-order valence-corrected chi connectivity index (χ2v) is 11.9. The molecule has 0 aromatic heterocycles. The monoisotopic (exact) mass is 614 g/mol. The van der Waals surface area contributed by atoms with Gasteiger partial charge in [-0.15, -0.1) is 0 Å². The normalized spacial score (nSPS) is 22.9. The maximum Gasteiger partial charge on any atom is 0.289 e. The first kappa shape index (κ1) is 28.0. The number of benzene rings is 2. The number of hydrogen-bond donors (Lipinski definition) is 1. The van der Waals surface area contributed by atoms with Crippen LogP contribution in [0.4, 0.5) is 5.69 Å². The summed E-state index contributed by atoms with van der Waals surface area (Å²) in [6.45, 7) is 5.49. The molecule has 2 amide bonds. The zero-order valence-corrected chi connectivity index (χ0v) is 24.5. The smallest absolute Gasteiger partial charge is 0.289 e. The van der Waals surface area contributed by atoms with Gasteiger partial charge in [0.15, 0.2) is 5.76 Å². The van der Waals surface area contributed by atoms with Gasteiger partial charge in [-0.25, -0.2) is 0 Å². The number of ether oxygens (including phenoxy) is 1. The number of nitrogens with one attached hydrogen (secondary N) is 1. The standard InChI is InChI=1S/C30H36BrClN4O3/c31-23-7-3-6-22(18-23)19-28-30(38)36(26-10-1-2-11-27(26)39-28)21-29(37)33-12-5-13-34-14-16-35(17-15-34)25-9-4-8-24(32)20-25/h3-4,6-9,18-20,26-27H,1-2,5,10-17,21H2,(H,33,37)/b28-19+. The lowest BCUT2D eigenvalue weighted by molar-refractivity contribution is -0.151. The molecule has 0 spiro atoms. The summed E-state index contributed by atoms with van der Waals surface area (Å²) >= 11 is 9.63. The first-order chi connectivity index (χ1) is 19.0. The molecule has 2 aromatic rings. The number of fused-ring (bicyclic) bond motifs is 1. The molecule has 1 N–H and O–H groups in total. The predicted octanol–water partition coefficient (Wildman–Crippen LogP) is 4.94. The van der Waals surface area contributed by atoms with Gasteiger partial charge in [0.1, 0.15) is 12.6 Å². The lowest BCUT2D eigenvalue weighted by atomic mass is 9.89. The molecule has 3 aliphatic rings. The van der Waals surface area contributed by atoms with E-state index in [4.69, 9.17) is 16.3 Å². The zero-order valence-electron chi connectivity index (χ0n) is 22.2. The fourth-order valence-electron chi connectivity index (χ4n) is 5.75. The number of carbonyl (C=O) groups is 2. The number of carbonyl (C=O) groups excluding carboxylic acids is 2. The van der Waals surface area contributed by atoms with Crippen LogP contribution in [0.25, 0.3) is 6.08 Å². The van der Waals surface area contributed by atoms with E-state index in [2.05, 4.69) is 37.1 Å². The molecule has 2 heterocycles. The minimum absolute atomic E-state index is 0.0487. The highest BCUT2D eigenvalue weighted by molar-refractivity contribution is 9.10. The van der Waals surface area contributed by atoms with Gasteiger partial charge in [0.2, 0.25) is 5.91 Å². The fraction of sp³-hybridized carbons (Fsp3) is 0.467. The fourth-order valence-corrected chi connectivity index (χ4v) is 6.35. The highest BCUT2D eigenvalue weighted by Crippen LogP contribution is 2.33. The number of amides is 2. The van der Waals surface area contributed by atoms with Crippen molar-refractivity contribution in [2.75, 3.05) is 50.7 Å². The summed E-state index contributed by atoms with van der Waals surface area (Å²) < 4.78 is 7.11. The van der Waals surface area contributed by atoms with Crippen molar-refractivity contribution >= 4 is 51.1 Å². The average Bonchev–Trinajstić information content (AvgIpc) is 2.94. The summed E-state index contributed by atoms with van der Waals surface area (Å²) in [5.41, 5.74) is 2.06. The molecule has 2 atom stereocenters. The Balaban J connectivity index is 1.10. The van der Waals surface area contributed by atoms with Gasteiger partial charge < -0.3 is 19.9 Å². The Hall–Kier alpha value is -2.55. The third-order valence-electron chi connectivity index (χ3n) is 7.80. The van der Waals surface area contributed by atoms with Crippen LogP contribution in [0.1, 0.15) is 37.7 Å². The highest BCUT2D eigenvalue weighted by atomic mass is 79.9. The van der Waals surface area contributed by atoms with Crippen LogP contribution in [-0.2, 0) is 14.3 Å². The van der Waals surface area contributed by atoms with Crippen LogP contribution in [0.15, 0.2) is 58.8 Å². The van der Waals surface area contributed by atoms with Gasteiger partial charge in [0, 0.05) is 47.9 Å². The number of rotatable bonds is 8. The summed E-state index contributed by atoms with van der Waals surface area (Å²) in [6, 6.07) is 15.7. The molecule has 0 bridgehead atoms. The summed E-state index contributed by atoms with van der Waals surface area (Å²) in [7, 11) is 0. The Morgan fingerprint density at radius 1 is 1.08 bits per heavy atom. The molecular formula is C30H36BrClN4O3. The lowest BCUT2D eigenvalue weighted by Gasteiger charge is -2.44. The van der Waals surface area contributed by atoms with Crippen LogP contribution in [0.2, 0.25) is 5.02 Å². The summed E-state index contributed by atoms with van der Waals surface area (Å²) in [5, 5.41) is 3.81. The van der Waals surface area contributed by atoms with Crippen LogP contribution in [0.3, 0.4) is 0 Å². The maximum atomic E-state index is 13.4. The average molecular weight is 616 g/mol. The molecule has 2 aliphatic heterocycles. The summed E-state index contributed by atoms with van der Waals surface area (Å²) in [6.07, 6.45) is 6.49. The van der Waals surface area contributed by atoms with Gasteiger partial charge in [-0.2, -0.15) is 0 Å². The molecular weight excluding hydrogens is 580 g/mol. The van der Waals surface area contributed by atoms with Crippen molar-refractivity contribution in [1.29, 1.82) is 0 Å². The molecule has 0 radical (unpaired) electrons. The Morgan fingerprint density at radius 2 is 1.87 bits per heavy atom. The summed E-state index contributed by atoms with van der Waals surface area (Å²) in [5.74, 6) is 0.00831. The minimum Gasteiger partial charge on any atom is -0.482 e. The molecule has 5 rings (SSSR count). The molecule has 2 aromatic carbocycles. The van der Waals surface area contributed by atoms with Crippen molar-refractivity contribution < 1.29 is 14.3 Å². The van der Waals surface area contributed by atoms with Crippen molar-refractivity contribution in [2.45, 2.75) is 44.2 Å². The van der Waals surface area contributed by atoms with Crippen molar-refractivity contribution in [3.63, 3.8) is 0 Å². The van der Waals surface area contributed by atoms with E-state index < -0.39 is 0 Å². The van der Waals surface area contributed by atoms with Gasteiger partial charge in [0.25, 0.3) is 5.91 Å². The summed E-state index contributed by atoms with van der Waals surface area (Å²) in [4.78, 5) is 32.9. The van der Waals surface area contributed by atoms with Gasteiger partial charge in [-0.05, 0) is 74.2 Å². The van der Waals surface area contributed by atoms with Crippen molar-refractivity contribution in [3.8, 4) is 0 Å². The number of morpholine rings is 1. The van der Waals surface area contributed by atoms with E-state index in [1.165, 1.54) is 5.69 Å². The molecule has 1 aliphatic carbocycles. The highest BCUT2D eigenvalue weighted by Gasteiger charge is 2.42. The Morgan fingerprint density at radius 3 is 2.67 bits per heavy atom. The number of piperazine rings is 1.